The minimum Gasteiger partial charge on any atom is -0.352 e. The van der Waals surface area contributed by atoms with Crippen LogP contribution in [0.1, 0.15) is 44.2 Å². The zero-order chi connectivity index (χ0) is 17.0. The van der Waals surface area contributed by atoms with Crippen molar-refractivity contribution in [3.8, 4) is 11.1 Å². The third kappa shape index (κ3) is 2.65. The van der Waals surface area contributed by atoms with Crippen LogP contribution in [-0.4, -0.2) is 31.3 Å². The summed E-state index contributed by atoms with van der Waals surface area (Å²) in [5.74, 6) is 1.10. The molecule has 2 aliphatic heterocycles. The number of aryl methyl sites for hydroxylation is 1. The third-order valence-corrected chi connectivity index (χ3v) is 5.93. The number of hydrogen-bond acceptors (Lipinski definition) is 3. The van der Waals surface area contributed by atoms with E-state index in [0.29, 0.717) is 18.3 Å². The van der Waals surface area contributed by atoms with Crippen LogP contribution in [0.2, 0.25) is 0 Å². The molecule has 2 heterocycles. The molecular formula is C21H21ClN2O2. The Kier molecular flexibility index (Phi) is 4.33. The van der Waals surface area contributed by atoms with Crippen molar-refractivity contribution in [3.63, 3.8) is 0 Å². The van der Waals surface area contributed by atoms with Crippen LogP contribution in [-0.2, 0) is 6.42 Å². The fourth-order valence-corrected chi connectivity index (χ4v) is 4.50. The van der Waals surface area contributed by atoms with E-state index in [1.165, 1.54) is 0 Å². The maximum atomic E-state index is 12.6. The molecule has 134 valence electrons. The molecule has 2 N–H and O–H groups in total. The van der Waals surface area contributed by atoms with E-state index in [2.05, 4.69) is 34.9 Å². The van der Waals surface area contributed by atoms with Crippen molar-refractivity contribution in [2.75, 3.05) is 19.6 Å². The number of Topliss-reactive ketones (excluding diaryl/α,β-unsaturated/α-hetero) is 1. The van der Waals surface area contributed by atoms with Gasteiger partial charge in [-0.25, -0.2) is 0 Å². The Morgan fingerprint density at radius 1 is 0.846 bits per heavy atom. The van der Waals surface area contributed by atoms with Crippen LogP contribution >= 0.6 is 12.4 Å². The lowest BCUT2D eigenvalue weighted by atomic mass is 9.86. The van der Waals surface area contributed by atoms with Gasteiger partial charge < -0.3 is 10.6 Å². The minimum absolute atomic E-state index is 0. The molecule has 2 atom stereocenters. The molecule has 0 unspecified atom stereocenters. The fourth-order valence-electron chi connectivity index (χ4n) is 4.50. The summed E-state index contributed by atoms with van der Waals surface area (Å²) in [5, 5.41) is 6.50. The molecular weight excluding hydrogens is 348 g/mol. The van der Waals surface area contributed by atoms with Crippen LogP contribution in [0.15, 0.2) is 36.4 Å². The molecule has 3 aliphatic rings. The van der Waals surface area contributed by atoms with Gasteiger partial charge in [0.2, 0.25) is 0 Å². The molecule has 0 saturated carbocycles. The first-order chi connectivity index (χ1) is 12.2. The van der Waals surface area contributed by atoms with Crippen molar-refractivity contribution in [1.82, 2.24) is 10.6 Å². The summed E-state index contributed by atoms with van der Waals surface area (Å²) in [7, 11) is 0. The van der Waals surface area contributed by atoms with Gasteiger partial charge in [0.15, 0.2) is 5.78 Å². The van der Waals surface area contributed by atoms with Gasteiger partial charge in [0.25, 0.3) is 5.91 Å². The molecule has 0 spiro atoms. The minimum atomic E-state index is 0. The number of fused-ring (bicyclic) bond motifs is 4. The molecule has 5 heteroatoms. The lowest BCUT2D eigenvalue weighted by Crippen LogP contribution is -2.28. The summed E-state index contributed by atoms with van der Waals surface area (Å²) < 4.78 is 0. The van der Waals surface area contributed by atoms with Gasteiger partial charge >= 0.3 is 0 Å². The number of halogens is 1. The topological polar surface area (TPSA) is 58.2 Å². The highest BCUT2D eigenvalue weighted by atomic mass is 35.5. The second kappa shape index (κ2) is 6.53. The Hall–Kier alpha value is -2.17. The molecule has 1 amide bonds. The van der Waals surface area contributed by atoms with Gasteiger partial charge in [0, 0.05) is 43.1 Å². The summed E-state index contributed by atoms with van der Waals surface area (Å²) in [5.41, 5.74) is 5.92. The molecule has 4 nitrogen and oxygen atoms in total. The smallest absolute Gasteiger partial charge is 0.251 e. The van der Waals surface area contributed by atoms with Gasteiger partial charge in [-0.15, -0.1) is 12.4 Å². The van der Waals surface area contributed by atoms with Gasteiger partial charge in [-0.3, -0.25) is 9.59 Å². The Bertz CT molecular complexity index is 909. The van der Waals surface area contributed by atoms with Gasteiger partial charge in [-0.05, 0) is 46.7 Å². The molecule has 0 radical (unpaired) electrons. The highest BCUT2D eigenvalue weighted by molar-refractivity contribution is 6.02. The van der Waals surface area contributed by atoms with Crippen LogP contribution in [0.4, 0.5) is 0 Å². The van der Waals surface area contributed by atoms with E-state index >= 15 is 0 Å². The van der Waals surface area contributed by atoms with Crippen LogP contribution in [0.25, 0.3) is 11.1 Å². The second-order valence-electron chi connectivity index (χ2n) is 7.33. The number of ketones is 1. The normalized spacial score (nSPS) is 23.4. The van der Waals surface area contributed by atoms with Crippen molar-refractivity contribution < 1.29 is 9.59 Å². The zero-order valence-electron chi connectivity index (χ0n) is 14.4. The maximum Gasteiger partial charge on any atom is 0.251 e. The number of nitrogens with one attached hydrogen (secondary N) is 2. The molecule has 2 aromatic rings. The van der Waals surface area contributed by atoms with Gasteiger partial charge in [0.1, 0.15) is 0 Å². The number of carbonyl (C=O) groups is 2. The van der Waals surface area contributed by atoms with Crippen molar-refractivity contribution >= 4 is 24.1 Å². The van der Waals surface area contributed by atoms with E-state index in [4.69, 9.17) is 0 Å². The lowest BCUT2D eigenvalue weighted by Gasteiger charge is -2.17. The number of benzene rings is 2. The van der Waals surface area contributed by atoms with E-state index < -0.39 is 0 Å². The molecule has 1 saturated heterocycles. The molecule has 1 fully saturated rings. The summed E-state index contributed by atoms with van der Waals surface area (Å²) >= 11 is 0. The Balaban J connectivity index is 0.00000168. The van der Waals surface area contributed by atoms with E-state index in [1.54, 1.807) is 0 Å². The van der Waals surface area contributed by atoms with E-state index in [9.17, 15) is 9.59 Å². The zero-order valence-corrected chi connectivity index (χ0v) is 15.2. The largest absolute Gasteiger partial charge is 0.352 e. The quantitative estimate of drug-likeness (QED) is 0.813. The Labute approximate surface area is 158 Å². The first-order valence-corrected chi connectivity index (χ1v) is 9.00. The van der Waals surface area contributed by atoms with Crippen molar-refractivity contribution in [3.05, 3.63) is 58.7 Å². The Morgan fingerprint density at radius 2 is 1.62 bits per heavy atom. The summed E-state index contributed by atoms with van der Waals surface area (Å²) in [6.07, 6.45) is 1.46. The molecule has 1 aliphatic carbocycles. The van der Waals surface area contributed by atoms with E-state index in [0.717, 1.165) is 59.4 Å². The number of hydrogen-bond donors (Lipinski definition) is 2. The first-order valence-electron chi connectivity index (χ1n) is 9.00. The summed E-state index contributed by atoms with van der Waals surface area (Å²) in [6, 6.07) is 12.3. The second-order valence-corrected chi connectivity index (χ2v) is 7.33. The van der Waals surface area contributed by atoms with Gasteiger partial charge in [-0.2, -0.15) is 0 Å². The summed E-state index contributed by atoms with van der Waals surface area (Å²) in [4.78, 5) is 24.6. The van der Waals surface area contributed by atoms with E-state index in [-0.39, 0.29) is 24.1 Å². The molecule has 0 bridgehead atoms. The predicted molar refractivity (Wildman–Crippen MR) is 103 cm³/mol. The number of rotatable bonds is 1. The molecule has 0 aromatic heterocycles. The monoisotopic (exact) mass is 368 g/mol. The fraction of sp³-hybridized carbons (Fsp3) is 0.333. The predicted octanol–water partition coefficient (Wildman–Crippen LogP) is 2.95. The van der Waals surface area contributed by atoms with Crippen molar-refractivity contribution in [2.24, 2.45) is 5.92 Å². The van der Waals surface area contributed by atoms with Crippen LogP contribution in [0.5, 0.6) is 0 Å². The molecule has 2 aromatic carbocycles. The van der Waals surface area contributed by atoms with Gasteiger partial charge in [-0.1, -0.05) is 24.3 Å². The standard InChI is InChI=1S/C21H20N2O2.ClH/c24-20-6-4-12-1-2-13(7-17(12)20)14-3-5-16-18(8-14)21(25)23-10-15-9-22-11-19(15)16;/h1-3,5,7-8,15,19,22H,4,6,9-11H2,(H,23,25);1H/t15-,19+;/m1./s1. The van der Waals surface area contributed by atoms with Crippen LogP contribution in [0, 0.1) is 5.92 Å². The highest BCUT2D eigenvalue weighted by Gasteiger charge is 2.34. The summed E-state index contributed by atoms with van der Waals surface area (Å²) in [6.45, 7) is 2.62. The van der Waals surface area contributed by atoms with Crippen molar-refractivity contribution in [1.29, 1.82) is 0 Å². The van der Waals surface area contributed by atoms with Crippen LogP contribution < -0.4 is 10.6 Å². The highest BCUT2D eigenvalue weighted by Crippen LogP contribution is 2.35. The number of amides is 1. The lowest BCUT2D eigenvalue weighted by molar-refractivity contribution is 0.0951. The number of carbonyl (C=O) groups excluding carboxylic acids is 2. The van der Waals surface area contributed by atoms with Gasteiger partial charge in [0.05, 0.1) is 0 Å². The molecule has 26 heavy (non-hydrogen) atoms. The van der Waals surface area contributed by atoms with Crippen LogP contribution in [0.3, 0.4) is 0 Å². The molecule has 5 rings (SSSR count). The average molecular weight is 369 g/mol. The SMILES string of the molecule is Cl.O=C1CCc2ccc(-c3ccc4c(c3)C(=O)NC[C@H]3CNC[C@H]43)cc21. The third-order valence-electron chi connectivity index (χ3n) is 5.93. The first kappa shape index (κ1) is 17.3. The average Bonchev–Trinajstić information content (AvgIpc) is 3.23. The van der Waals surface area contributed by atoms with E-state index in [1.807, 2.05) is 12.1 Å². The maximum absolute atomic E-state index is 12.6. The van der Waals surface area contributed by atoms with Crippen molar-refractivity contribution in [2.45, 2.75) is 18.8 Å². The Morgan fingerprint density at radius 3 is 2.46 bits per heavy atom.